The zero-order chi connectivity index (χ0) is 87.1. The van der Waals surface area contributed by atoms with Crippen LogP contribution in [-0.4, -0.2) is 58.6 Å². The highest BCUT2D eigenvalue weighted by molar-refractivity contribution is 7.27. The van der Waals surface area contributed by atoms with Crippen molar-refractivity contribution >= 4 is 160 Å². The van der Waals surface area contributed by atoms with E-state index >= 15 is 0 Å². The lowest BCUT2D eigenvalue weighted by molar-refractivity contribution is 1.06. The lowest BCUT2D eigenvalue weighted by Gasteiger charge is -2.14. The molecule has 12 nitrogen and oxygen atoms in total. The summed E-state index contributed by atoms with van der Waals surface area (Å²) in [6.07, 6.45) is 0. The van der Waals surface area contributed by atoms with Crippen LogP contribution in [0.5, 0.6) is 0 Å². The summed E-state index contributed by atoms with van der Waals surface area (Å²) in [4.78, 5) is 44.6. The molecule has 0 aliphatic rings. The first kappa shape index (κ1) is 77.4. The molecule has 0 aliphatic heterocycles. The standard InChI is InChI=1S/3C39H24N4S/c1-3-13-25(14-4-1)37-40-38(26-15-5-2-6-16-26)42-39(41-37)30-19-8-11-21-32(30)43-31-20-10-7-18-29(31)35-33(43)24-23-28-27-17-9-12-22-34(27)44-36(28)35;1-3-12-25(13-4-1)37-40-38(26-14-5-2-6-15-26)42-39(41-37)27-16-11-17-28(24-27)43-32-20-9-7-19-31(32)35-33(43)23-22-30-29-18-8-10-21-34(29)44-36(30)35;1-3-11-25(12-4-1)37-40-38(26-13-5-2-6-14-26)42-39(41-37)27-19-21-28(22-20-27)43-32-17-9-7-16-31(32)35-33(43)24-23-30-29-15-8-10-18-34(29)44-36(30)35/h3*1-24H. The Labute approximate surface area is 769 Å². The molecule has 9 aromatic heterocycles. The zero-order valence-corrected chi connectivity index (χ0v) is 73.1. The Kier molecular flexibility index (Phi) is 19.2. The van der Waals surface area contributed by atoms with E-state index in [-0.39, 0.29) is 0 Å². The first-order valence-corrected chi connectivity index (χ1v) is 46.3. The Hall–Kier alpha value is -17.0. The Morgan fingerprint density at radius 2 is 0.424 bits per heavy atom. The van der Waals surface area contributed by atoms with Gasteiger partial charge < -0.3 is 13.7 Å². The van der Waals surface area contributed by atoms with E-state index in [9.17, 15) is 0 Å². The highest BCUT2D eigenvalue weighted by atomic mass is 32.1. The van der Waals surface area contributed by atoms with E-state index in [0.717, 1.165) is 72.6 Å². The second-order valence-electron chi connectivity index (χ2n) is 32.6. The van der Waals surface area contributed by atoms with Crippen LogP contribution >= 0.6 is 34.0 Å². The topological polar surface area (TPSA) is 131 Å². The number of hydrogen-bond acceptors (Lipinski definition) is 12. The molecule has 0 N–H and O–H groups in total. The van der Waals surface area contributed by atoms with E-state index in [4.69, 9.17) is 44.9 Å². The second kappa shape index (κ2) is 32.7. The molecule has 0 saturated heterocycles. The number of aromatic nitrogens is 12. The quantitative estimate of drug-likeness (QED) is 0.117. The number of thiophene rings is 3. The maximum absolute atomic E-state index is 5.08. The van der Waals surface area contributed by atoms with E-state index in [0.29, 0.717) is 52.4 Å². The van der Waals surface area contributed by atoms with E-state index in [2.05, 4.69) is 268 Å². The van der Waals surface area contributed by atoms with Gasteiger partial charge in [0, 0.05) is 154 Å². The maximum Gasteiger partial charge on any atom is 0.166 e. The predicted octanol–water partition coefficient (Wildman–Crippen LogP) is 31.0. The Bertz CT molecular complexity index is 8980. The van der Waals surface area contributed by atoms with Gasteiger partial charge in [0.15, 0.2) is 52.4 Å². The predicted molar refractivity (Wildman–Crippen MR) is 550 cm³/mol. The third kappa shape index (κ3) is 13.6. The number of fused-ring (bicyclic) bond motifs is 21. The number of rotatable bonds is 12. The normalized spacial score (nSPS) is 11.6. The summed E-state index contributed by atoms with van der Waals surface area (Å²) in [6.45, 7) is 0. The van der Waals surface area contributed by atoms with Crippen LogP contribution in [0.2, 0.25) is 0 Å². The number of hydrogen-bond donors (Lipinski definition) is 0. The van der Waals surface area contributed by atoms with E-state index in [1.807, 2.05) is 216 Å². The molecular weight excluding hydrogens is 1670 g/mol. The van der Waals surface area contributed by atoms with Crippen molar-refractivity contribution in [1.29, 1.82) is 0 Å². The SMILES string of the molecule is c1ccc(-c2nc(-c3ccccc3)nc(-c3ccc(-n4c5ccccc5c5c6sc7ccccc7c6ccc54)cc3)n2)cc1.c1ccc(-c2nc(-c3ccccc3)nc(-c3cccc(-n4c5ccccc5c5c6sc7ccccc7c6ccc54)c3)n2)cc1.c1ccc(-c2nc(-c3ccccc3)nc(-c3ccccc3-n3c4ccccc4c4c5sc6ccccc6c5ccc43)n2)cc1. The van der Waals surface area contributed by atoms with Crippen molar-refractivity contribution in [2.24, 2.45) is 0 Å². The highest BCUT2D eigenvalue weighted by Gasteiger charge is 2.26. The van der Waals surface area contributed by atoms with Crippen molar-refractivity contribution in [3.05, 3.63) is 437 Å². The van der Waals surface area contributed by atoms with E-state index in [1.54, 1.807) is 0 Å². The van der Waals surface area contributed by atoms with Crippen LogP contribution in [0, 0.1) is 0 Å². The smallest absolute Gasteiger partial charge is 0.166 e. The lowest BCUT2D eigenvalue weighted by atomic mass is 10.1. The van der Waals surface area contributed by atoms with Gasteiger partial charge in [0.2, 0.25) is 0 Å². The molecule has 18 aromatic carbocycles. The summed E-state index contributed by atoms with van der Waals surface area (Å²) in [5.74, 6) is 5.87. The summed E-state index contributed by atoms with van der Waals surface area (Å²) in [7, 11) is 0. The zero-order valence-electron chi connectivity index (χ0n) is 70.7. The number of benzene rings is 18. The van der Waals surface area contributed by atoms with Gasteiger partial charge in [-0.25, -0.2) is 44.9 Å². The van der Waals surface area contributed by atoms with Gasteiger partial charge in [-0.2, -0.15) is 0 Å². The number of nitrogens with zero attached hydrogens (tertiary/aromatic N) is 12. The van der Waals surface area contributed by atoms with Gasteiger partial charge in [0.25, 0.3) is 0 Å². The summed E-state index contributed by atoms with van der Waals surface area (Å²) >= 11 is 5.62. The molecule has 0 bridgehead atoms. The molecule has 27 aromatic rings. The fourth-order valence-electron chi connectivity index (χ4n) is 18.7. The molecule has 0 spiro atoms. The van der Waals surface area contributed by atoms with Crippen molar-refractivity contribution in [2.45, 2.75) is 0 Å². The van der Waals surface area contributed by atoms with Crippen LogP contribution in [0.25, 0.3) is 245 Å². The molecule has 0 aliphatic carbocycles. The van der Waals surface area contributed by atoms with Gasteiger partial charge in [-0.05, 0) is 103 Å². The van der Waals surface area contributed by atoms with Crippen LogP contribution in [0.1, 0.15) is 0 Å². The second-order valence-corrected chi connectivity index (χ2v) is 35.7. The molecule has 0 radical (unpaired) electrons. The van der Waals surface area contributed by atoms with E-state index in [1.165, 1.54) is 120 Å². The highest BCUT2D eigenvalue weighted by Crippen LogP contribution is 2.49. The van der Waals surface area contributed by atoms with Crippen molar-refractivity contribution in [1.82, 2.24) is 58.6 Å². The monoisotopic (exact) mass is 1740 g/mol. The molecule has 132 heavy (non-hydrogen) atoms. The molecule has 0 fully saturated rings. The molecule has 9 heterocycles. The molecule has 618 valence electrons. The molecular formula is C117H72N12S3. The van der Waals surface area contributed by atoms with Gasteiger partial charge in [-0.3, -0.25) is 0 Å². The van der Waals surface area contributed by atoms with Crippen molar-refractivity contribution in [3.8, 4) is 120 Å². The number of para-hydroxylation sites is 4. The molecule has 0 atom stereocenters. The average molecular weight is 1740 g/mol. The Morgan fingerprint density at radius 3 is 0.788 bits per heavy atom. The van der Waals surface area contributed by atoms with Crippen molar-refractivity contribution in [2.75, 3.05) is 0 Å². The summed E-state index contributed by atoms with van der Waals surface area (Å²) in [6, 6.07) is 152. The summed E-state index contributed by atoms with van der Waals surface area (Å²) in [5, 5.41) is 15.5. The summed E-state index contributed by atoms with van der Waals surface area (Å²) in [5.41, 5.74) is 18.8. The van der Waals surface area contributed by atoms with Gasteiger partial charge >= 0.3 is 0 Å². The van der Waals surface area contributed by atoms with Crippen LogP contribution in [0.15, 0.2) is 437 Å². The minimum atomic E-state index is 0.641. The van der Waals surface area contributed by atoms with Crippen molar-refractivity contribution < 1.29 is 0 Å². The minimum absolute atomic E-state index is 0.641. The van der Waals surface area contributed by atoms with Crippen LogP contribution < -0.4 is 0 Å². The maximum atomic E-state index is 5.08. The Morgan fingerprint density at radius 1 is 0.159 bits per heavy atom. The fourth-order valence-corrected chi connectivity index (χ4v) is 22.5. The van der Waals surface area contributed by atoms with Gasteiger partial charge in [0.1, 0.15) is 0 Å². The van der Waals surface area contributed by atoms with Crippen molar-refractivity contribution in [3.63, 3.8) is 0 Å². The van der Waals surface area contributed by atoms with Crippen LogP contribution in [0.4, 0.5) is 0 Å². The molecule has 15 heteroatoms. The third-order valence-corrected chi connectivity index (χ3v) is 28.4. The molecule has 27 rings (SSSR count). The molecule has 0 unspecified atom stereocenters. The average Bonchev–Trinajstić information content (AvgIpc) is 1.57. The summed E-state index contributed by atoms with van der Waals surface area (Å²) < 4.78 is 15.0. The minimum Gasteiger partial charge on any atom is -0.309 e. The fraction of sp³-hybridized carbons (Fsp3) is 0. The first-order chi connectivity index (χ1) is 65.5. The first-order valence-electron chi connectivity index (χ1n) is 43.9. The largest absolute Gasteiger partial charge is 0.309 e. The van der Waals surface area contributed by atoms with Gasteiger partial charge in [-0.15, -0.1) is 34.0 Å². The van der Waals surface area contributed by atoms with Gasteiger partial charge in [-0.1, -0.05) is 334 Å². The Balaban J connectivity index is 0.000000106. The van der Waals surface area contributed by atoms with Crippen LogP contribution in [-0.2, 0) is 0 Å². The van der Waals surface area contributed by atoms with Crippen LogP contribution in [0.3, 0.4) is 0 Å². The molecule has 0 amide bonds. The van der Waals surface area contributed by atoms with Gasteiger partial charge in [0.05, 0.1) is 38.8 Å². The van der Waals surface area contributed by atoms with E-state index < -0.39 is 0 Å². The molecule has 0 saturated carbocycles. The third-order valence-electron chi connectivity index (χ3n) is 24.8. The lowest BCUT2D eigenvalue weighted by Crippen LogP contribution is -2.03.